The van der Waals surface area contributed by atoms with E-state index in [0.717, 1.165) is 22.3 Å². The van der Waals surface area contributed by atoms with Crippen LogP contribution in [0.1, 0.15) is 12.5 Å². The molecule has 0 saturated carbocycles. The summed E-state index contributed by atoms with van der Waals surface area (Å²) < 4.78 is 1.78. The number of fused-ring (bicyclic) bond motifs is 1. The molecule has 0 amide bonds. The number of benzene rings is 1. The van der Waals surface area contributed by atoms with E-state index in [1.54, 1.807) is 29.1 Å². The first-order valence-electron chi connectivity index (χ1n) is 7.88. The lowest BCUT2D eigenvalue weighted by Gasteiger charge is -2.23. The molecule has 0 radical (unpaired) electrons. The molecular weight excluding hydrogens is 334 g/mol. The smallest absolute Gasteiger partial charge is 0.168 e. The molecule has 1 unspecified atom stereocenters. The van der Waals surface area contributed by atoms with Crippen molar-refractivity contribution in [2.24, 2.45) is 0 Å². The van der Waals surface area contributed by atoms with Crippen molar-refractivity contribution in [3.05, 3.63) is 65.2 Å². The van der Waals surface area contributed by atoms with Gasteiger partial charge in [0, 0.05) is 6.54 Å². The molecule has 0 aliphatic rings. The van der Waals surface area contributed by atoms with Crippen LogP contribution < -0.4 is 5.32 Å². The highest BCUT2D eigenvalue weighted by Crippen LogP contribution is 2.26. The number of anilines is 1. The second-order valence-corrected chi connectivity index (χ2v) is 6.77. The number of para-hydroxylation sites is 1. The highest BCUT2D eigenvalue weighted by molar-refractivity contribution is 7.08. The van der Waals surface area contributed by atoms with Crippen LogP contribution in [0.15, 0.2) is 59.7 Å². The summed E-state index contributed by atoms with van der Waals surface area (Å²) in [5.74, 6) is 0.655. The molecule has 25 heavy (non-hydrogen) atoms. The normalized spacial score (nSPS) is 13.7. The van der Waals surface area contributed by atoms with Gasteiger partial charge in [0.05, 0.1) is 17.3 Å². The average molecular weight is 351 g/mol. The highest BCUT2D eigenvalue weighted by Gasteiger charge is 2.24. The molecule has 2 N–H and O–H groups in total. The Labute approximate surface area is 148 Å². The van der Waals surface area contributed by atoms with Crippen molar-refractivity contribution in [3.8, 4) is 5.69 Å². The Balaban J connectivity index is 1.64. The number of thiophene rings is 1. The second kappa shape index (κ2) is 6.27. The fraction of sp³-hybridized carbons (Fsp3) is 0.167. The first kappa shape index (κ1) is 15.7. The number of aromatic nitrogens is 4. The van der Waals surface area contributed by atoms with Gasteiger partial charge in [0.15, 0.2) is 5.65 Å². The number of nitrogens with one attached hydrogen (secondary N) is 1. The standard InChI is InChI=1S/C18H17N5OS/c1-18(24,13-7-8-25-10-13)11-19-16-15-9-22-23(17(15)21-12-20-16)14-5-3-2-4-6-14/h2-10,12,24H,11H2,1H3,(H,19,20,21). The summed E-state index contributed by atoms with van der Waals surface area (Å²) in [6, 6.07) is 11.8. The first-order chi connectivity index (χ1) is 12.1. The Bertz CT molecular complexity index is 979. The largest absolute Gasteiger partial charge is 0.384 e. The first-order valence-corrected chi connectivity index (χ1v) is 8.82. The molecule has 0 spiro atoms. The van der Waals surface area contributed by atoms with Gasteiger partial charge < -0.3 is 10.4 Å². The second-order valence-electron chi connectivity index (χ2n) is 5.99. The molecule has 6 nitrogen and oxygen atoms in total. The van der Waals surface area contributed by atoms with Crippen LogP contribution in [0.2, 0.25) is 0 Å². The Morgan fingerprint density at radius 3 is 2.80 bits per heavy atom. The molecule has 4 rings (SSSR count). The zero-order valence-electron chi connectivity index (χ0n) is 13.6. The number of rotatable bonds is 5. The van der Waals surface area contributed by atoms with Crippen LogP contribution in [0.3, 0.4) is 0 Å². The predicted octanol–water partition coefficient (Wildman–Crippen LogP) is 3.20. The van der Waals surface area contributed by atoms with Gasteiger partial charge in [-0.05, 0) is 41.4 Å². The molecule has 3 aromatic heterocycles. The lowest BCUT2D eigenvalue weighted by Crippen LogP contribution is -2.30. The van der Waals surface area contributed by atoms with Crippen molar-refractivity contribution < 1.29 is 5.11 Å². The van der Waals surface area contributed by atoms with Crippen LogP contribution >= 0.6 is 11.3 Å². The lowest BCUT2D eigenvalue weighted by molar-refractivity contribution is 0.0719. The SMILES string of the molecule is CC(O)(CNc1ncnc2c1cnn2-c1ccccc1)c1ccsc1. The molecule has 0 aliphatic carbocycles. The van der Waals surface area contributed by atoms with Crippen molar-refractivity contribution in [2.45, 2.75) is 12.5 Å². The van der Waals surface area contributed by atoms with Crippen LogP contribution in [0.4, 0.5) is 5.82 Å². The number of hydrogen-bond acceptors (Lipinski definition) is 6. The Morgan fingerprint density at radius 1 is 1.20 bits per heavy atom. The molecule has 0 saturated heterocycles. The minimum atomic E-state index is -0.979. The quantitative estimate of drug-likeness (QED) is 0.577. The molecule has 3 heterocycles. The van der Waals surface area contributed by atoms with Crippen molar-refractivity contribution >= 4 is 28.2 Å². The Kier molecular flexibility index (Phi) is 3.95. The van der Waals surface area contributed by atoms with E-state index in [1.807, 2.05) is 47.2 Å². The van der Waals surface area contributed by atoms with E-state index in [-0.39, 0.29) is 0 Å². The Hall–Kier alpha value is -2.77. The van der Waals surface area contributed by atoms with E-state index in [2.05, 4.69) is 20.4 Å². The third kappa shape index (κ3) is 2.99. The van der Waals surface area contributed by atoms with Crippen LogP contribution in [0.25, 0.3) is 16.7 Å². The van der Waals surface area contributed by atoms with Gasteiger partial charge in [0.25, 0.3) is 0 Å². The van der Waals surface area contributed by atoms with E-state index in [9.17, 15) is 5.11 Å². The topological polar surface area (TPSA) is 75.9 Å². The third-order valence-corrected chi connectivity index (χ3v) is 4.79. The number of nitrogens with zero attached hydrogens (tertiary/aromatic N) is 4. The summed E-state index contributed by atoms with van der Waals surface area (Å²) in [6.07, 6.45) is 3.25. The average Bonchev–Trinajstić information content (AvgIpc) is 3.31. The van der Waals surface area contributed by atoms with Crippen molar-refractivity contribution in [2.75, 3.05) is 11.9 Å². The van der Waals surface area contributed by atoms with Gasteiger partial charge in [-0.1, -0.05) is 18.2 Å². The van der Waals surface area contributed by atoms with Gasteiger partial charge >= 0.3 is 0 Å². The summed E-state index contributed by atoms with van der Waals surface area (Å²) in [5.41, 5.74) is 1.56. The summed E-state index contributed by atoms with van der Waals surface area (Å²) in [5, 5.41) is 23.1. The van der Waals surface area contributed by atoms with E-state index < -0.39 is 5.60 Å². The van der Waals surface area contributed by atoms with Gasteiger partial charge in [-0.3, -0.25) is 0 Å². The maximum Gasteiger partial charge on any atom is 0.168 e. The van der Waals surface area contributed by atoms with Crippen LogP contribution in [-0.4, -0.2) is 31.4 Å². The highest BCUT2D eigenvalue weighted by atomic mass is 32.1. The lowest BCUT2D eigenvalue weighted by atomic mass is 9.99. The van der Waals surface area contributed by atoms with Gasteiger partial charge in [-0.15, -0.1) is 0 Å². The minimum absolute atomic E-state index is 0.340. The monoisotopic (exact) mass is 351 g/mol. The fourth-order valence-electron chi connectivity index (χ4n) is 2.67. The molecule has 0 aliphatic heterocycles. The maximum absolute atomic E-state index is 10.7. The molecule has 0 bridgehead atoms. The minimum Gasteiger partial charge on any atom is -0.384 e. The zero-order valence-corrected chi connectivity index (χ0v) is 14.4. The Morgan fingerprint density at radius 2 is 2.04 bits per heavy atom. The molecule has 7 heteroatoms. The van der Waals surface area contributed by atoms with Crippen LogP contribution in [-0.2, 0) is 5.60 Å². The van der Waals surface area contributed by atoms with Gasteiger partial charge in [0.1, 0.15) is 17.7 Å². The number of aliphatic hydroxyl groups is 1. The molecule has 126 valence electrons. The van der Waals surface area contributed by atoms with E-state index in [1.165, 1.54) is 6.33 Å². The van der Waals surface area contributed by atoms with Crippen molar-refractivity contribution in [1.29, 1.82) is 0 Å². The molecular formula is C18H17N5OS. The number of hydrogen-bond donors (Lipinski definition) is 2. The third-order valence-electron chi connectivity index (χ3n) is 4.11. The predicted molar refractivity (Wildman–Crippen MR) is 99.0 cm³/mol. The van der Waals surface area contributed by atoms with Crippen molar-refractivity contribution in [1.82, 2.24) is 19.7 Å². The van der Waals surface area contributed by atoms with Gasteiger partial charge in [-0.25, -0.2) is 14.6 Å². The maximum atomic E-state index is 10.7. The van der Waals surface area contributed by atoms with Gasteiger partial charge in [-0.2, -0.15) is 16.4 Å². The molecule has 4 aromatic rings. The van der Waals surface area contributed by atoms with E-state index in [0.29, 0.717) is 12.4 Å². The molecule has 1 atom stereocenters. The summed E-state index contributed by atoms with van der Waals surface area (Å²) in [6.45, 7) is 2.13. The zero-order chi connectivity index (χ0) is 17.3. The van der Waals surface area contributed by atoms with E-state index >= 15 is 0 Å². The van der Waals surface area contributed by atoms with Crippen molar-refractivity contribution in [3.63, 3.8) is 0 Å². The van der Waals surface area contributed by atoms with Crippen LogP contribution in [0, 0.1) is 0 Å². The molecule has 1 aromatic carbocycles. The summed E-state index contributed by atoms with van der Waals surface area (Å²) >= 11 is 1.56. The molecule has 0 fully saturated rings. The summed E-state index contributed by atoms with van der Waals surface area (Å²) in [4.78, 5) is 8.68. The van der Waals surface area contributed by atoms with E-state index in [4.69, 9.17) is 0 Å². The fourth-order valence-corrected chi connectivity index (χ4v) is 3.45. The van der Waals surface area contributed by atoms with Gasteiger partial charge in [0.2, 0.25) is 0 Å². The summed E-state index contributed by atoms with van der Waals surface area (Å²) in [7, 11) is 0. The van der Waals surface area contributed by atoms with Crippen LogP contribution in [0.5, 0.6) is 0 Å².